The van der Waals surface area contributed by atoms with Gasteiger partial charge in [0.1, 0.15) is 0 Å². The maximum absolute atomic E-state index is 11.6. The van der Waals surface area contributed by atoms with Gasteiger partial charge in [0.15, 0.2) is 0 Å². The molecule has 1 fully saturated rings. The van der Waals surface area contributed by atoms with E-state index >= 15 is 0 Å². The zero-order chi connectivity index (χ0) is 9.84. The normalized spacial score (nSPS) is 28.6. The second kappa shape index (κ2) is 4.42. The largest absolute Gasteiger partial charge is 0.334 e. The lowest BCUT2D eigenvalue weighted by molar-refractivity contribution is -0.135. The van der Waals surface area contributed by atoms with Gasteiger partial charge >= 0.3 is 0 Å². The minimum atomic E-state index is 0.191. The van der Waals surface area contributed by atoms with E-state index in [0.717, 1.165) is 13.1 Å². The van der Waals surface area contributed by atoms with Gasteiger partial charge in [0, 0.05) is 31.6 Å². The molecule has 0 aromatic carbocycles. The van der Waals surface area contributed by atoms with Crippen molar-refractivity contribution in [3.05, 3.63) is 12.7 Å². The fourth-order valence-electron chi connectivity index (χ4n) is 1.85. The molecule has 0 bridgehead atoms. The summed E-state index contributed by atoms with van der Waals surface area (Å²) in [5.74, 6) is 0.191. The van der Waals surface area contributed by atoms with Crippen LogP contribution in [-0.2, 0) is 4.79 Å². The minimum absolute atomic E-state index is 0.191. The van der Waals surface area contributed by atoms with Crippen LogP contribution in [0.15, 0.2) is 12.7 Å². The lowest BCUT2D eigenvalue weighted by Crippen LogP contribution is -2.57. The molecule has 0 unspecified atom stereocenters. The predicted molar refractivity (Wildman–Crippen MR) is 53.5 cm³/mol. The summed E-state index contributed by atoms with van der Waals surface area (Å²) < 4.78 is 0. The van der Waals surface area contributed by atoms with Crippen molar-refractivity contribution in [3.63, 3.8) is 0 Å². The number of piperazine rings is 1. The SMILES string of the molecule is C=CCC(=O)N1[C@H](C)CNC[C@@H]1C. The summed E-state index contributed by atoms with van der Waals surface area (Å²) in [6.45, 7) is 9.52. The summed E-state index contributed by atoms with van der Waals surface area (Å²) in [4.78, 5) is 13.6. The summed E-state index contributed by atoms with van der Waals surface area (Å²) in [5, 5.41) is 3.29. The van der Waals surface area contributed by atoms with Crippen molar-refractivity contribution in [1.29, 1.82) is 0 Å². The summed E-state index contributed by atoms with van der Waals surface area (Å²) in [5.41, 5.74) is 0. The third-order valence-electron chi connectivity index (χ3n) is 2.44. The Labute approximate surface area is 79.8 Å². The average molecular weight is 182 g/mol. The Kier molecular flexibility index (Phi) is 3.48. The van der Waals surface area contributed by atoms with E-state index in [1.807, 2.05) is 4.90 Å². The lowest BCUT2D eigenvalue weighted by Gasteiger charge is -2.39. The molecule has 0 aromatic rings. The number of carbonyl (C=O) groups is 1. The van der Waals surface area contributed by atoms with Gasteiger partial charge in [-0.3, -0.25) is 4.79 Å². The van der Waals surface area contributed by atoms with E-state index in [0.29, 0.717) is 18.5 Å². The molecule has 0 radical (unpaired) electrons. The molecule has 3 heteroatoms. The highest BCUT2D eigenvalue weighted by molar-refractivity contribution is 5.78. The first-order chi connectivity index (χ1) is 6.16. The van der Waals surface area contributed by atoms with Crippen molar-refractivity contribution in [1.82, 2.24) is 10.2 Å². The maximum atomic E-state index is 11.6. The van der Waals surface area contributed by atoms with Crippen LogP contribution in [0.2, 0.25) is 0 Å². The van der Waals surface area contributed by atoms with Crippen LogP contribution in [0, 0.1) is 0 Å². The lowest BCUT2D eigenvalue weighted by atomic mass is 10.1. The monoisotopic (exact) mass is 182 g/mol. The second-order valence-electron chi connectivity index (χ2n) is 3.65. The van der Waals surface area contributed by atoms with Crippen LogP contribution in [0.1, 0.15) is 20.3 Å². The molecule has 0 aliphatic carbocycles. The Hall–Kier alpha value is -0.830. The fourth-order valence-corrected chi connectivity index (χ4v) is 1.85. The fraction of sp³-hybridized carbons (Fsp3) is 0.700. The summed E-state index contributed by atoms with van der Waals surface area (Å²) in [6, 6.07) is 0.604. The Morgan fingerprint density at radius 3 is 2.54 bits per heavy atom. The zero-order valence-electron chi connectivity index (χ0n) is 8.42. The predicted octanol–water partition coefficient (Wildman–Crippen LogP) is 0.771. The third kappa shape index (κ3) is 2.31. The van der Waals surface area contributed by atoms with E-state index in [2.05, 4.69) is 25.7 Å². The first kappa shape index (κ1) is 10.3. The van der Waals surface area contributed by atoms with Crippen molar-refractivity contribution < 1.29 is 4.79 Å². The van der Waals surface area contributed by atoms with Gasteiger partial charge in [-0.05, 0) is 13.8 Å². The Morgan fingerprint density at radius 2 is 2.08 bits per heavy atom. The molecular formula is C10H18N2O. The molecule has 0 saturated carbocycles. The molecule has 1 saturated heterocycles. The Morgan fingerprint density at radius 1 is 1.54 bits per heavy atom. The van der Waals surface area contributed by atoms with Gasteiger partial charge in [-0.15, -0.1) is 6.58 Å². The van der Waals surface area contributed by atoms with Gasteiger partial charge in [-0.25, -0.2) is 0 Å². The number of amides is 1. The zero-order valence-corrected chi connectivity index (χ0v) is 8.42. The second-order valence-corrected chi connectivity index (χ2v) is 3.65. The van der Waals surface area contributed by atoms with Crippen molar-refractivity contribution in [3.8, 4) is 0 Å². The van der Waals surface area contributed by atoms with Crippen LogP contribution in [-0.4, -0.2) is 36.0 Å². The Balaban J connectivity index is 2.62. The quantitative estimate of drug-likeness (QED) is 0.640. The van der Waals surface area contributed by atoms with E-state index in [9.17, 15) is 4.79 Å². The minimum Gasteiger partial charge on any atom is -0.334 e. The molecule has 1 amide bonds. The highest BCUT2D eigenvalue weighted by atomic mass is 16.2. The molecule has 2 atom stereocenters. The number of carbonyl (C=O) groups excluding carboxylic acids is 1. The molecule has 1 N–H and O–H groups in total. The van der Waals surface area contributed by atoms with E-state index in [-0.39, 0.29) is 5.91 Å². The average Bonchev–Trinajstić information content (AvgIpc) is 2.04. The van der Waals surface area contributed by atoms with Gasteiger partial charge in [-0.1, -0.05) is 6.08 Å². The van der Waals surface area contributed by atoms with Gasteiger partial charge in [0.05, 0.1) is 0 Å². The standard InChI is InChI=1S/C10H18N2O/c1-4-5-10(13)12-8(2)6-11-7-9(12)3/h4,8-9,11H,1,5-7H2,2-3H3/t8-,9+. The van der Waals surface area contributed by atoms with E-state index in [1.54, 1.807) is 6.08 Å². The smallest absolute Gasteiger partial charge is 0.226 e. The number of nitrogens with one attached hydrogen (secondary N) is 1. The summed E-state index contributed by atoms with van der Waals surface area (Å²) >= 11 is 0. The first-order valence-corrected chi connectivity index (χ1v) is 4.79. The molecular weight excluding hydrogens is 164 g/mol. The summed E-state index contributed by atoms with van der Waals surface area (Å²) in [7, 11) is 0. The van der Waals surface area contributed by atoms with Gasteiger partial charge in [0.2, 0.25) is 5.91 Å². The van der Waals surface area contributed by atoms with Crippen molar-refractivity contribution in [2.75, 3.05) is 13.1 Å². The molecule has 13 heavy (non-hydrogen) atoms. The topological polar surface area (TPSA) is 32.3 Å². The molecule has 0 aromatic heterocycles. The number of nitrogens with zero attached hydrogens (tertiary/aromatic N) is 1. The highest BCUT2D eigenvalue weighted by Crippen LogP contribution is 2.11. The van der Waals surface area contributed by atoms with Crippen molar-refractivity contribution in [2.24, 2.45) is 0 Å². The van der Waals surface area contributed by atoms with Gasteiger partial charge in [-0.2, -0.15) is 0 Å². The van der Waals surface area contributed by atoms with Crippen molar-refractivity contribution in [2.45, 2.75) is 32.4 Å². The van der Waals surface area contributed by atoms with Crippen LogP contribution in [0.3, 0.4) is 0 Å². The van der Waals surface area contributed by atoms with Crippen LogP contribution in [0.5, 0.6) is 0 Å². The highest BCUT2D eigenvalue weighted by Gasteiger charge is 2.27. The van der Waals surface area contributed by atoms with E-state index in [1.165, 1.54) is 0 Å². The maximum Gasteiger partial charge on any atom is 0.226 e. The molecule has 0 spiro atoms. The third-order valence-corrected chi connectivity index (χ3v) is 2.44. The van der Waals surface area contributed by atoms with Crippen LogP contribution in [0.4, 0.5) is 0 Å². The molecule has 3 nitrogen and oxygen atoms in total. The van der Waals surface area contributed by atoms with Crippen LogP contribution >= 0.6 is 0 Å². The van der Waals surface area contributed by atoms with Crippen LogP contribution < -0.4 is 5.32 Å². The number of hydrogen-bond acceptors (Lipinski definition) is 2. The van der Waals surface area contributed by atoms with Crippen molar-refractivity contribution >= 4 is 5.91 Å². The molecule has 1 aliphatic heterocycles. The van der Waals surface area contributed by atoms with Crippen LogP contribution in [0.25, 0.3) is 0 Å². The first-order valence-electron chi connectivity index (χ1n) is 4.79. The van der Waals surface area contributed by atoms with Gasteiger partial charge in [0.25, 0.3) is 0 Å². The Bertz CT molecular complexity index is 193. The number of hydrogen-bond donors (Lipinski definition) is 1. The molecule has 1 aliphatic rings. The molecule has 74 valence electrons. The van der Waals surface area contributed by atoms with E-state index in [4.69, 9.17) is 0 Å². The molecule has 1 heterocycles. The molecule has 1 rings (SSSR count). The van der Waals surface area contributed by atoms with Gasteiger partial charge < -0.3 is 10.2 Å². The number of rotatable bonds is 2. The van der Waals surface area contributed by atoms with E-state index < -0.39 is 0 Å². The summed E-state index contributed by atoms with van der Waals surface area (Å²) in [6.07, 6.45) is 2.12.